The molecule has 3 aromatic carbocycles. The highest BCUT2D eigenvalue weighted by molar-refractivity contribution is 6.30. The monoisotopic (exact) mass is 589 g/mol. The lowest BCUT2D eigenvalue weighted by Crippen LogP contribution is -2.48. The van der Waals surface area contributed by atoms with E-state index in [1.54, 1.807) is 18.2 Å². The van der Waals surface area contributed by atoms with Crippen LogP contribution in [0.3, 0.4) is 0 Å². The van der Waals surface area contributed by atoms with Crippen LogP contribution in [0, 0.1) is 11.8 Å². The summed E-state index contributed by atoms with van der Waals surface area (Å²) >= 11 is 6.16. The van der Waals surface area contributed by atoms with Crippen LogP contribution in [0.2, 0.25) is 5.02 Å². The summed E-state index contributed by atoms with van der Waals surface area (Å²) in [6.45, 7) is 4.93. The van der Waals surface area contributed by atoms with E-state index < -0.39 is 12.0 Å². The number of hydrogen-bond donors (Lipinski definition) is 3. The fraction of sp³-hybridized carbons (Fsp3) is 0.312. The molecule has 1 atom stereocenters. The number of nitrogens with two attached hydrogens (primary N) is 2. The van der Waals surface area contributed by atoms with Crippen molar-refractivity contribution in [1.29, 1.82) is 0 Å². The molecule has 0 aromatic heterocycles. The molecule has 1 fully saturated rings. The normalized spacial score (nSPS) is 14.4. The van der Waals surface area contributed by atoms with E-state index in [0.29, 0.717) is 30.8 Å². The lowest BCUT2D eigenvalue weighted by Gasteiger charge is -2.39. The fourth-order valence-electron chi connectivity index (χ4n) is 4.95. The Morgan fingerprint density at radius 2 is 1.69 bits per heavy atom. The number of piperazine rings is 1. The maximum absolute atomic E-state index is 12.1. The highest BCUT2D eigenvalue weighted by Crippen LogP contribution is 2.30. The molecule has 5 N–H and O–H groups in total. The van der Waals surface area contributed by atoms with Crippen molar-refractivity contribution in [2.24, 2.45) is 11.6 Å². The van der Waals surface area contributed by atoms with Gasteiger partial charge in [-0.05, 0) is 47.9 Å². The van der Waals surface area contributed by atoms with Gasteiger partial charge in [0, 0.05) is 56.3 Å². The molecule has 3 aromatic rings. The van der Waals surface area contributed by atoms with E-state index in [0.717, 1.165) is 42.8 Å². The van der Waals surface area contributed by atoms with Crippen LogP contribution in [0.4, 0.5) is 4.79 Å². The molecule has 9 nitrogen and oxygen atoms in total. The van der Waals surface area contributed by atoms with Crippen molar-refractivity contribution < 1.29 is 19.4 Å². The van der Waals surface area contributed by atoms with Crippen molar-refractivity contribution in [3.8, 4) is 17.6 Å². The predicted octanol–water partition coefficient (Wildman–Crippen LogP) is 4.21. The average molecular weight is 590 g/mol. The molecule has 1 saturated heterocycles. The number of nitrogens with zero attached hydrogens (tertiary/aromatic N) is 3. The number of carbonyl (C=O) groups excluding carboxylic acids is 1. The number of hydrazine groups is 1. The van der Waals surface area contributed by atoms with Gasteiger partial charge >= 0.3 is 6.09 Å². The second-order valence-electron chi connectivity index (χ2n) is 10.0. The number of primary amides is 1. The Bertz CT molecular complexity index is 1400. The Labute approximate surface area is 251 Å². The van der Waals surface area contributed by atoms with Gasteiger partial charge < -0.3 is 15.6 Å². The number of hydrogen-bond acceptors (Lipinski definition) is 6. The summed E-state index contributed by atoms with van der Waals surface area (Å²) in [4.78, 5) is 27.7. The van der Waals surface area contributed by atoms with E-state index in [1.807, 2.05) is 18.2 Å². The lowest BCUT2D eigenvalue weighted by molar-refractivity contribution is 0.0957. The lowest BCUT2D eigenvalue weighted by atomic mass is 9.96. The minimum absolute atomic E-state index is 0.154. The minimum Gasteiger partial charge on any atom is -0.491 e. The molecule has 0 aliphatic carbocycles. The molecule has 0 saturated carbocycles. The number of halogens is 1. The molecule has 1 heterocycles. The first-order valence-electron chi connectivity index (χ1n) is 13.9. The highest BCUT2D eigenvalue weighted by Gasteiger charge is 2.26. The molecular formula is C32H36ClN5O4. The summed E-state index contributed by atoms with van der Waals surface area (Å²) in [7, 11) is 0. The molecule has 1 aliphatic heterocycles. The first-order valence-corrected chi connectivity index (χ1v) is 14.3. The number of amides is 2. The van der Waals surface area contributed by atoms with Crippen LogP contribution in [0.5, 0.6) is 5.75 Å². The molecule has 42 heavy (non-hydrogen) atoms. The van der Waals surface area contributed by atoms with Crippen LogP contribution in [-0.4, -0.2) is 77.8 Å². The van der Waals surface area contributed by atoms with Gasteiger partial charge in [-0.3, -0.25) is 14.6 Å². The van der Waals surface area contributed by atoms with Gasteiger partial charge in [0.25, 0.3) is 5.91 Å². The third-order valence-corrected chi connectivity index (χ3v) is 7.41. The van der Waals surface area contributed by atoms with Gasteiger partial charge in [-0.2, -0.15) is 0 Å². The molecule has 1 aliphatic rings. The van der Waals surface area contributed by atoms with Gasteiger partial charge in [-0.1, -0.05) is 65.9 Å². The van der Waals surface area contributed by atoms with Gasteiger partial charge in [0.1, 0.15) is 12.4 Å². The maximum atomic E-state index is 12.1. The van der Waals surface area contributed by atoms with E-state index in [-0.39, 0.29) is 18.2 Å². The maximum Gasteiger partial charge on any atom is 0.421 e. The summed E-state index contributed by atoms with van der Waals surface area (Å²) < 4.78 is 5.98. The molecule has 0 bridgehead atoms. The first-order chi connectivity index (χ1) is 20.3. The summed E-state index contributed by atoms with van der Waals surface area (Å²) in [5, 5.41) is 10.2. The van der Waals surface area contributed by atoms with Crippen molar-refractivity contribution in [3.63, 3.8) is 0 Å². The molecule has 10 heteroatoms. The SMILES string of the molecule is NC(=O)c1cc(C#CCCCN(N)C(=O)O)ccc1OCCN1CCN([C@H](c2ccccc2)c2ccc(Cl)cc2)CC1. The van der Waals surface area contributed by atoms with Crippen LogP contribution in [0.1, 0.15) is 45.9 Å². The van der Waals surface area contributed by atoms with E-state index in [2.05, 4.69) is 58.0 Å². The fourth-order valence-corrected chi connectivity index (χ4v) is 5.07. The van der Waals surface area contributed by atoms with Crippen LogP contribution in [0.15, 0.2) is 72.8 Å². The van der Waals surface area contributed by atoms with Crippen molar-refractivity contribution >= 4 is 23.6 Å². The smallest absolute Gasteiger partial charge is 0.421 e. The molecule has 0 unspecified atom stereocenters. The Hall–Kier alpha value is -4.07. The number of ether oxygens (including phenoxy) is 1. The summed E-state index contributed by atoms with van der Waals surface area (Å²) in [6, 6.07) is 23.9. The van der Waals surface area contributed by atoms with Gasteiger partial charge in [0.05, 0.1) is 11.6 Å². The van der Waals surface area contributed by atoms with Crippen molar-refractivity contribution in [2.75, 3.05) is 45.9 Å². The number of benzene rings is 3. The number of unbranched alkanes of at least 4 members (excludes halogenated alkanes) is 1. The third kappa shape index (κ3) is 8.71. The van der Waals surface area contributed by atoms with E-state index in [1.165, 1.54) is 11.1 Å². The Kier molecular flexibility index (Phi) is 11.2. The Balaban J connectivity index is 1.29. The predicted molar refractivity (Wildman–Crippen MR) is 163 cm³/mol. The van der Waals surface area contributed by atoms with Gasteiger partial charge in [0.2, 0.25) is 0 Å². The summed E-state index contributed by atoms with van der Waals surface area (Å²) in [6.07, 6.45) is -0.218. The quantitative estimate of drug-likeness (QED) is 0.101. The molecule has 220 valence electrons. The zero-order chi connectivity index (χ0) is 29.9. The third-order valence-electron chi connectivity index (χ3n) is 7.16. The van der Waals surface area contributed by atoms with Crippen LogP contribution >= 0.6 is 11.6 Å². The van der Waals surface area contributed by atoms with Crippen molar-refractivity contribution in [1.82, 2.24) is 14.8 Å². The zero-order valence-electron chi connectivity index (χ0n) is 23.4. The highest BCUT2D eigenvalue weighted by atomic mass is 35.5. The van der Waals surface area contributed by atoms with Crippen LogP contribution in [0.25, 0.3) is 0 Å². The Morgan fingerprint density at radius 1 is 1.00 bits per heavy atom. The molecule has 0 radical (unpaired) electrons. The van der Waals surface area contributed by atoms with Gasteiger partial charge in [-0.25, -0.2) is 15.6 Å². The van der Waals surface area contributed by atoms with Crippen molar-refractivity contribution in [2.45, 2.75) is 18.9 Å². The number of carboxylic acid groups (broad SMARTS) is 1. The first kappa shape index (κ1) is 30.9. The van der Waals surface area contributed by atoms with E-state index in [9.17, 15) is 9.59 Å². The van der Waals surface area contributed by atoms with Crippen LogP contribution in [-0.2, 0) is 0 Å². The number of carbonyl (C=O) groups is 2. The second-order valence-corrected chi connectivity index (χ2v) is 10.5. The van der Waals surface area contributed by atoms with E-state index in [4.69, 9.17) is 33.0 Å². The van der Waals surface area contributed by atoms with Crippen molar-refractivity contribution in [3.05, 3.63) is 100 Å². The average Bonchev–Trinajstić information content (AvgIpc) is 2.99. The van der Waals surface area contributed by atoms with Gasteiger partial charge in [0.15, 0.2) is 0 Å². The van der Waals surface area contributed by atoms with Gasteiger partial charge in [-0.15, -0.1) is 0 Å². The topological polar surface area (TPSA) is 125 Å². The standard InChI is InChI=1S/C32H36ClN5O4/c33-27-13-11-26(12-14-27)30(25-8-4-1-5-9-25)37-19-17-36(18-20-37)21-22-42-29-15-10-24(23-28(29)31(34)39)7-3-2-6-16-38(35)32(40)41/h1,4-5,8-15,23,30H,2,6,16-22,35H2,(H2,34,39)(H,40,41)/t30-/m1/s1. The summed E-state index contributed by atoms with van der Waals surface area (Å²) in [5.41, 5.74) is 9.00. The molecule has 0 spiro atoms. The summed E-state index contributed by atoms with van der Waals surface area (Å²) in [5.74, 6) is 11.1. The Morgan fingerprint density at radius 3 is 2.36 bits per heavy atom. The molecule has 4 rings (SSSR count). The van der Waals surface area contributed by atoms with Crippen LogP contribution < -0.4 is 16.3 Å². The molecule has 2 amide bonds. The minimum atomic E-state index is -1.18. The zero-order valence-corrected chi connectivity index (χ0v) is 24.2. The number of rotatable bonds is 11. The largest absolute Gasteiger partial charge is 0.491 e. The molecular weight excluding hydrogens is 554 g/mol. The second kappa shape index (κ2) is 15.2. The van der Waals surface area contributed by atoms with E-state index >= 15 is 0 Å².